The number of carbonyl (C=O) groups is 1. The van der Waals surface area contributed by atoms with Crippen molar-refractivity contribution in [3.63, 3.8) is 0 Å². The minimum absolute atomic E-state index is 0.123. The molecule has 0 fully saturated rings. The second-order valence-electron chi connectivity index (χ2n) is 6.22. The highest BCUT2D eigenvalue weighted by Gasteiger charge is 2.20. The lowest BCUT2D eigenvalue weighted by atomic mass is 10.1. The Labute approximate surface area is 160 Å². The van der Waals surface area contributed by atoms with Crippen molar-refractivity contribution < 1.29 is 23.7 Å². The summed E-state index contributed by atoms with van der Waals surface area (Å²) < 4.78 is 17.6. The molecule has 0 saturated heterocycles. The molecule has 0 amide bonds. The molecule has 0 aliphatic rings. The highest BCUT2D eigenvalue weighted by atomic mass is 16.6. The van der Waals surface area contributed by atoms with E-state index in [4.69, 9.17) is 14.0 Å². The predicted octanol–water partition coefficient (Wildman–Crippen LogP) is 3.57. The highest BCUT2D eigenvalue weighted by Crippen LogP contribution is 2.31. The Balaban J connectivity index is 1.80. The fourth-order valence-electron chi connectivity index (χ4n) is 2.97. The molecule has 0 atom stereocenters. The number of Topliss-reactive ketones (excluding diaryl/α,β-unsaturated/α-hetero) is 1. The number of nitro groups is 1. The van der Waals surface area contributed by atoms with Crippen LogP contribution in [0.2, 0.25) is 0 Å². The number of nitrogens with zero attached hydrogens (tertiary/aromatic N) is 3. The molecule has 28 heavy (non-hydrogen) atoms. The average molecular weight is 385 g/mol. The highest BCUT2D eigenvalue weighted by molar-refractivity contribution is 5.98. The number of aromatic nitrogens is 2. The first-order valence-corrected chi connectivity index (χ1v) is 8.43. The van der Waals surface area contributed by atoms with E-state index in [1.54, 1.807) is 19.1 Å². The van der Waals surface area contributed by atoms with Crippen LogP contribution in [0.4, 0.5) is 5.69 Å². The number of nitro benzene ring substituents is 1. The van der Waals surface area contributed by atoms with Gasteiger partial charge in [0.05, 0.1) is 18.1 Å². The molecule has 0 aliphatic carbocycles. The normalized spacial score (nSPS) is 10.7. The predicted molar refractivity (Wildman–Crippen MR) is 99.5 cm³/mol. The van der Waals surface area contributed by atoms with Crippen LogP contribution in [0.3, 0.4) is 0 Å². The molecule has 9 heteroatoms. The molecule has 9 nitrogen and oxygen atoms in total. The number of carbonyl (C=O) groups excluding carboxylic acids is 1. The standard InChI is InChI=1S/C19H19N3O6/c1-11-7-15(13(3)21(11)19-8-12(2)28-20-19)16(23)10-27-17-6-5-14(22(24)25)9-18(17)26-4/h5-9H,10H2,1-4H3. The van der Waals surface area contributed by atoms with Crippen molar-refractivity contribution in [1.29, 1.82) is 0 Å². The van der Waals surface area contributed by atoms with Crippen molar-refractivity contribution in [3.05, 3.63) is 63.2 Å². The monoisotopic (exact) mass is 385 g/mol. The summed E-state index contributed by atoms with van der Waals surface area (Å²) in [6.45, 7) is 5.24. The van der Waals surface area contributed by atoms with E-state index in [-0.39, 0.29) is 29.6 Å². The Morgan fingerprint density at radius 1 is 1.21 bits per heavy atom. The Kier molecular flexibility index (Phi) is 5.16. The molecule has 146 valence electrons. The van der Waals surface area contributed by atoms with E-state index in [0.29, 0.717) is 17.1 Å². The number of hydrogen-bond acceptors (Lipinski definition) is 7. The smallest absolute Gasteiger partial charge is 0.273 e. The Morgan fingerprint density at radius 2 is 1.96 bits per heavy atom. The zero-order chi connectivity index (χ0) is 20.4. The van der Waals surface area contributed by atoms with E-state index in [1.807, 2.05) is 18.4 Å². The zero-order valence-electron chi connectivity index (χ0n) is 15.9. The summed E-state index contributed by atoms with van der Waals surface area (Å²) >= 11 is 0. The van der Waals surface area contributed by atoms with Crippen LogP contribution in [0.1, 0.15) is 27.5 Å². The summed E-state index contributed by atoms with van der Waals surface area (Å²) in [6, 6.07) is 7.50. The van der Waals surface area contributed by atoms with Gasteiger partial charge in [-0.15, -0.1) is 0 Å². The number of rotatable bonds is 7. The fourth-order valence-corrected chi connectivity index (χ4v) is 2.97. The maximum absolute atomic E-state index is 12.7. The maximum atomic E-state index is 12.7. The minimum Gasteiger partial charge on any atom is -0.493 e. The molecule has 3 aromatic rings. The Bertz CT molecular complexity index is 1050. The van der Waals surface area contributed by atoms with Crippen molar-refractivity contribution >= 4 is 11.5 Å². The third-order valence-electron chi connectivity index (χ3n) is 4.29. The van der Waals surface area contributed by atoms with Crippen LogP contribution in [0.5, 0.6) is 11.5 Å². The summed E-state index contributed by atoms with van der Waals surface area (Å²) in [4.78, 5) is 23.0. The first kappa shape index (κ1) is 19.2. The lowest BCUT2D eigenvalue weighted by Crippen LogP contribution is -2.13. The van der Waals surface area contributed by atoms with E-state index in [1.165, 1.54) is 25.3 Å². The van der Waals surface area contributed by atoms with Crippen LogP contribution in [-0.2, 0) is 0 Å². The van der Waals surface area contributed by atoms with Crippen LogP contribution in [0.15, 0.2) is 34.9 Å². The number of non-ortho nitro benzene ring substituents is 1. The molecule has 2 aromatic heterocycles. The molecule has 0 bridgehead atoms. The van der Waals surface area contributed by atoms with Gasteiger partial charge in [0, 0.05) is 29.1 Å². The largest absolute Gasteiger partial charge is 0.493 e. The van der Waals surface area contributed by atoms with Crippen molar-refractivity contribution in [2.75, 3.05) is 13.7 Å². The quantitative estimate of drug-likeness (QED) is 0.347. The molecular formula is C19H19N3O6. The van der Waals surface area contributed by atoms with Gasteiger partial charge in [0.1, 0.15) is 5.76 Å². The van der Waals surface area contributed by atoms with Crippen molar-refractivity contribution in [1.82, 2.24) is 9.72 Å². The molecule has 0 radical (unpaired) electrons. The number of aryl methyl sites for hydroxylation is 2. The van der Waals surface area contributed by atoms with Crippen LogP contribution in [0.25, 0.3) is 5.82 Å². The van der Waals surface area contributed by atoms with E-state index < -0.39 is 4.92 Å². The topological polar surface area (TPSA) is 110 Å². The first-order chi connectivity index (χ1) is 13.3. The van der Waals surface area contributed by atoms with Crippen LogP contribution >= 0.6 is 0 Å². The Hall–Kier alpha value is -3.62. The molecule has 0 spiro atoms. The third kappa shape index (κ3) is 3.59. The third-order valence-corrected chi connectivity index (χ3v) is 4.29. The van der Waals surface area contributed by atoms with Crippen LogP contribution in [0, 0.1) is 30.9 Å². The lowest BCUT2D eigenvalue weighted by Gasteiger charge is -2.10. The SMILES string of the molecule is COc1cc([N+](=O)[O-])ccc1OCC(=O)c1cc(C)n(-c2cc(C)on2)c1C. The van der Waals surface area contributed by atoms with E-state index >= 15 is 0 Å². The molecule has 0 aliphatic heterocycles. The van der Waals surface area contributed by atoms with Gasteiger partial charge in [0.2, 0.25) is 5.78 Å². The Morgan fingerprint density at radius 3 is 2.57 bits per heavy atom. The number of ether oxygens (including phenoxy) is 2. The molecule has 3 rings (SSSR count). The zero-order valence-corrected chi connectivity index (χ0v) is 15.9. The number of ketones is 1. The molecular weight excluding hydrogens is 366 g/mol. The molecule has 0 N–H and O–H groups in total. The van der Waals surface area contributed by atoms with Crippen LogP contribution < -0.4 is 9.47 Å². The van der Waals surface area contributed by atoms with Gasteiger partial charge in [0.15, 0.2) is 23.9 Å². The maximum Gasteiger partial charge on any atom is 0.273 e. The summed E-state index contributed by atoms with van der Waals surface area (Å²) in [6.07, 6.45) is 0. The lowest BCUT2D eigenvalue weighted by molar-refractivity contribution is -0.384. The summed E-state index contributed by atoms with van der Waals surface area (Å²) in [5, 5.41) is 14.9. The summed E-state index contributed by atoms with van der Waals surface area (Å²) in [5.41, 5.74) is 1.93. The van der Waals surface area contributed by atoms with Gasteiger partial charge < -0.3 is 14.0 Å². The second-order valence-corrected chi connectivity index (χ2v) is 6.22. The van der Waals surface area contributed by atoms with E-state index in [9.17, 15) is 14.9 Å². The summed E-state index contributed by atoms with van der Waals surface area (Å²) in [7, 11) is 1.38. The van der Waals surface area contributed by atoms with E-state index in [0.717, 1.165) is 11.4 Å². The van der Waals surface area contributed by atoms with Gasteiger partial charge in [-0.05, 0) is 32.9 Å². The summed E-state index contributed by atoms with van der Waals surface area (Å²) in [5.74, 6) is 1.47. The van der Waals surface area contributed by atoms with Gasteiger partial charge in [0.25, 0.3) is 5.69 Å². The fraction of sp³-hybridized carbons (Fsp3) is 0.263. The molecule has 1 aromatic carbocycles. The van der Waals surface area contributed by atoms with Crippen molar-refractivity contribution in [2.45, 2.75) is 20.8 Å². The van der Waals surface area contributed by atoms with E-state index in [2.05, 4.69) is 5.16 Å². The van der Waals surface area contributed by atoms with Crippen LogP contribution in [-0.4, -0.2) is 34.1 Å². The van der Waals surface area contributed by atoms with Gasteiger partial charge in [-0.25, -0.2) is 0 Å². The van der Waals surface area contributed by atoms with Gasteiger partial charge >= 0.3 is 0 Å². The average Bonchev–Trinajstić information content (AvgIpc) is 3.21. The molecule has 0 saturated carbocycles. The number of hydrogen-bond donors (Lipinski definition) is 0. The number of benzene rings is 1. The molecule has 0 unspecified atom stereocenters. The first-order valence-electron chi connectivity index (χ1n) is 8.43. The second kappa shape index (κ2) is 7.55. The van der Waals surface area contributed by atoms with Crippen molar-refractivity contribution in [2.24, 2.45) is 0 Å². The molecule has 2 heterocycles. The van der Waals surface area contributed by atoms with Gasteiger partial charge in [-0.3, -0.25) is 19.5 Å². The number of methoxy groups -OCH3 is 1. The van der Waals surface area contributed by atoms with Gasteiger partial charge in [-0.1, -0.05) is 5.16 Å². The van der Waals surface area contributed by atoms with Gasteiger partial charge in [-0.2, -0.15) is 0 Å². The minimum atomic E-state index is -0.530. The van der Waals surface area contributed by atoms with Crippen molar-refractivity contribution in [3.8, 4) is 17.3 Å².